The molecule has 3 fully saturated rings. The van der Waals surface area contributed by atoms with Gasteiger partial charge in [0.1, 0.15) is 6.54 Å². The van der Waals surface area contributed by atoms with Crippen molar-refractivity contribution in [3.8, 4) is 0 Å². The third kappa shape index (κ3) is 2.31. The van der Waals surface area contributed by atoms with E-state index in [9.17, 15) is 14.4 Å². The normalized spacial score (nSPS) is 36.2. The molecule has 5 nitrogen and oxygen atoms in total. The number of nitrogens with zero attached hydrogens (tertiary/aromatic N) is 1. The van der Waals surface area contributed by atoms with Crippen LogP contribution in [0.4, 0.5) is 5.69 Å². The predicted molar refractivity (Wildman–Crippen MR) is 99.2 cm³/mol. The zero-order chi connectivity index (χ0) is 18.2. The molecule has 5 aliphatic rings. The highest BCUT2D eigenvalue weighted by molar-refractivity contribution is 9.10. The predicted octanol–water partition coefficient (Wildman–Crippen LogP) is 3.09. The molecule has 1 heterocycles. The Bertz CT molecular complexity index is 850. The molecule has 7 heteroatoms. The summed E-state index contributed by atoms with van der Waals surface area (Å²) in [7, 11) is 0. The van der Waals surface area contributed by atoms with E-state index in [2.05, 4.69) is 33.4 Å². The highest BCUT2D eigenvalue weighted by atomic mass is 79.9. The smallest absolute Gasteiger partial charge is 0.244 e. The van der Waals surface area contributed by atoms with Gasteiger partial charge in [-0.05, 0) is 64.2 Å². The van der Waals surface area contributed by atoms with Crippen LogP contribution in [0.25, 0.3) is 0 Å². The van der Waals surface area contributed by atoms with Gasteiger partial charge < -0.3 is 5.32 Å². The van der Waals surface area contributed by atoms with Crippen LogP contribution in [0.1, 0.15) is 6.42 Å². The minimum Gasteiger partial charge on any atom is -0.324 e. The Hall–Kier alpha value is -1.66. The summed E-state index contributed by atoms with van der Waals surface area (Å²) in [4.78, 5) is 39.3. The van der Waals surface area contributed by atoms with E-state index in [4.69, 9.17) is 11.6 Å². The minimum absolute atomic E-state index is 0.171. The molecule has 3 amide bonds. The molecule has 134 valence electrons. The first kappa shape index (κ1) is 16.5. The van der Waals surface area contributed by atoms with Crippen LogP contribution in [0.3, 0.4) is 0 Å². The lowest BCUT2D eigenvalue weighted by molar-refractivity contribution is -0.142. The molecule has 1 aromatic carbocycles. The number of carbonyl (C=O) groups excluding carboxylic acids is 3. The topological polar surface area (TPSA) is 66.5 Å². The van der Waals surface area contributed by atoms with E-state index in [1.54, 1.807) is 18.2 Å². The van der Waals surface area contributed by atoms with Gasteiger partial charge in [-0.1, -0.05) is 23.8 Å². The molecule has 6 atom stereocenters. The van der Waals surface area contributed by atoms with Crippen molar-refractivity contribution in [3.05, 3.63) is 39.8 Å². The lowest BCUT2D eigenvalue weighted by Gasteiger charge is -2.37. The summed E-state index contributed by atoms with van der Waals surface area (Å²) >= 11 is 9.32. The molecule has 1 N–H and O–H groups in total. The molecule has 4 aliphatic carbocycles. The van der Waals surface area contributed by atoms with Gasteiger partial charge in [-0.2, -0.15) is 0 Å². The van der Waals surface area contributed by atoms with E-state index in [0.29, 0.717) is 22.5 Å². The van der Waals surface area contributed by atoms with Crippen LogP contribution in [-0.2, 0) is 14.4 Å². The van der Waals surface area contributed by atoms with Gasteiger partial charge in [-0.15, -0.1) is 0 Å². The Morgan fingerprint density at radius 2 is 1.77 bits per heavy atom. The van der Waals surface area contributed by atoms with Crippen LogP contribution in [0.15, 0.2) is 34.8 Å². The van der Waals surface area contributed by atoms with Crippen molar-refractivity contribution < 1.29 is 14.4 Å². The third-order valence-electron chi connectivity index (χ3n) is 6.26. The van der Waals surface area contributed by atoms with E-state index in [1.807, 2.05) is 0 Å². The maximum absolute atomic E-state index is 12.9. The van der Waals surface area contributed by atoms with Gasteiger partial charge in [-0.25, -0.2) is 0 Å². The fourth-order valence-electron chi connectivity index (χ4n) is 5.09. The second kappa shape index (κ2) is 5.67. The van der Waals surface area contributed by atoms with Crippen LogP contribution in [0.2, 0.25) is 5.02 Å². The molecule has 2 bridgehead atoms. The van der Waals surface area contributed by atoms with E-state index >= 15 is 0 Å². The van der Waals surface area contributed by atoms with Gasteiger partial charge in [0.15, 0.2) is 0 Å². The van der Waals surface area contributed by atoms with Crippen molar-refractivity contribution in [1.82, 2.24) is 4.90 Å². The fraction of sp³-hybridized carbons (Fsp3) is 0.421. The molecular formula is C19H16BrClN2O3. The van der Waals surface area contributed by atoms with Crippen molar-refractivity contribution in [2.45, 2.75) is 6.42 Å². The summed E-state index contributed by atoms with van der Waals surface area (Å²) in [5, 5.41) is 3.18. The van der Waals surface area contributed by atoms with E-state index in [1.165, 1.54) is 0 Å². The number of benzene rings is 1. The molecule has 0 unspecified atom stereocenters. The van der Waals surface area contributed by atoms with Crippen molar-refractivity contribution >= 4 is 50.9 Å². The summed E-state index contributed by atoms with van der Waals surface area (Å²) in [6, 6.07) is 5.06. The molecule has 0 spiro atoms. The summed E-state index contributed by atoms with van der Waals surface area (Å²) in [6.07, 6.45) is 5.37. The van der Waals surface area contributed by atoms with Crippen LogP contribution in [-0.4, -0.2) is 29.2 Å². The Balaban J connectivity index is 1.32. The van der Waals surface area contributed by atoms with Crippen LogP contribution >= 0.6 is 27.5 Å². The number of hydrogen-bond donors (Lipinski definition) is 1. The fourth-order valence-corrected chi connectivity index (χ4v) is 5.52. The van der Waals surface area contributed by atoms with Crippen LogP contribution < -0.4 is 5.32 Å². The number of imide groups is 1. The van der Waals surface area contributed by atoms with Crippen molar-refractivity contribution in [2.75, 3.05) is 11.9 Å². The Labute approximate surface area is 163 Å². The first-order chi connectivity index (χ1) is 12.5. The van der Waals surface area contributed by atoms with Gasteiger partial charge in [-0.3, -0.25) is 19.3 Å². The standard InChI is InChI=1S/C19H16BrClN2O3/c20-13-4-1-8(5-14(13)21)22-15(24)7-23-18(25)16-9-2-3-10(12-6-11(9)12)17(16)19(23)26/h1-5,9-12,16-17H,6-7H2,(H,22,24)/t9-,10+,11-,12-,16+,17+/m1/s1. The third-order valence-corrected chi connectivity index (χ3v) is 7.49. The zero-order valence-electron chi connectivity index (χ0n) is 13.7. The average Bonchev–Trinajstić information content (AvgIpc) is 3.39. The molecule has 1 saturated heterocycles. The van der Waals surface area contributed by atoms with E-state index in [-0.39, 0.29) is 42.0 Å². The van der Waals surface area contributed by atoms with Gasteiger partial charge in [0.25, 0.3) is 0 Å². The lowest BCUT2D eigenvalue weighted by atomic mass is 9.63. The summed E-state index contributed by atoms with van der Waals surface area (Å²) in [6.45, 7) is -0.243. The SMILES string of the molecule is O=C(CN1C(=O)[C@H]2[C@@H]3C=C[C@@H]([C@H]4C[C@H]34)[C@@H]2C1=O)Nc1ccc(Br)c(Cl)c1. The first-order valence-electron chi connectivity index (χ1n) is 8.74. The average molecular weight is 436 g/mol. The van der Waals surface area contributed by atoms with Crippen molar-refractivity contribution in [1.29, 1.82) is 0 Å². The van der Waals surface area contributed by atoms with Crippen molar-refractivity contribution in [3.63, 3.8) is 0 Å². The van der Waals surface area contributed by atoms with E-state index in [0.717, 1.165) is 15.8 Å². The lowest BCUT2D eigenvalue weighted by Crippen LogP contribution is -2.40. The summed E-state index contributed by atoms with van der Waals surface area (Å²) < 4.78 is 0.729. The van der Waals surface area contributed by atoms with Gasteiger partial charge in [0, 0.05) is 10.2 Å². The highest BCUT2D eigenvalue weighted by Gasteiger charge is 2.67. The second-order valence-electron chi connectivity index (χ2n) is 7.59. The number of nitrogens with one attached hydrogen (secondary N) is 1. The van der Waals surface area contributed by atoms with E-state index < -0.39 is 5.91 Å². The molecule has 26 heavy (non-hydrogen) atoms. The molecule has 1 aromatic rings. The zero-order valence-corrected chi connectivity index (χ0v) is 16.0. The Kier molecular flexibility index (Phi) is 3.60. The number of allylic oxidation sites excluding steroid dienone is 2. The minimum atomic E-state index is -0.394. The molecule has 2 saturated carbocycles. The maximum atomic E-state index is 12.9. The van der Waals surface area contributed by atoms with Crippen molar-refractivity contribution in [2.24, 2.45) is 35.5 Å². The summed E-state index contributed by atoms with van der Waals surface area (Å²) in [5.74, 6) is 0.155. The van der Waals surface area contributed by atoms with Gasteiger partial charge in [0.05, 0.1) is 16.9 Å². The largest absolute Gasteiger partial charge is 0.324 e. The van der Waals surface area contributed by atoms with Crippen LogP contribution in [0, 0.1) is 35.5 Å². The quantitative estimate of drug-likeness (QED) is 0.586. The Morgan fingerprint density at radius 1 is 1.15 bits per heavy atom. The monoisotopic (exact) mass is 434 g/mol. The number of rotatable bonds is 3. The number of halogens is 2. The summed E-state index contributed by atoms with van der Waals surface area (Å²) in [5.41, 5.74) is 0.530. The van der Waals surface area contributed by atoms with Crippen LogP contribution in [0.5, 0.6) is 0 Å². The van der Waals surface area contributed by atoms with Gasteiger partial charge in [0.2, 0.25) is 17.7 Å². The molecule has 1 aliphatic heterocycles. The number of carbonyl (C=O) groups is 3. The molecule has 6 rings (SSSR count). The van der Waals surface area contributed by atoms with Gasteiger partial charge >= 0.3 is 0 Å². The first-order valence-corrected chi connectivity index (χ1v) is 9.91. The number of likely N-dealkylation sites (tertiary alicyclic amines) is 1. The number of amides is 3. The maximum Gasteiger partial charge on any atom is 0.244 e. The number of hydrogen-bond acceptors (Lipinski definition) is 3. The second-order valence-corrected chi connectivity index (χ2v) is 8.86. The molecule has 0 radical (unpaired) electrons. The Morgan fingerprint density at radius 3 is 2.35 bits per heavy atom. The highest BCUT2D eigenvalue weighted by Crippen LogP contribution is 2.65. The molecular weight excluding hydrogens is 420 g/mol. The molecule has 0 aromatic heterocycles. The number of anilines is 1.